The number of benzene rings is 1. The summed E-state index contributed by atoms with van der Waals surface area (Å²) >= 11 is 1.37. The van der Waals surface area contributed by atoms with Gasteiger partial charge in [-0.1, -0.05) is 12.1 Å². The number of anilines is 1. The Morgan fingerprint density at radius 1 is 1.33 bits per heavy atom. The number of nitrogens with zero attached hydrogens (tertiary/aromatic N) is 2. The van der Waals surface area contributed by atoms with Gasteiger partial charge in [0.2, 0.25) is 5.91 Å². The van der Waals surface area contributed by atoms with Crippen molar-refractivity contribution in [1.82, 2.24) is 9.88 Å². The third-order valence-electron chi connectivity index (χ3n) is 3.92. The molecule has 1 aliphatic rings. The number of aromatic nitrogens is 1. The number of amides is 2. The molecule has 0 unspecified atom stereocenters. The van der Waals surface area contributed by atoms with Crippen LogP contribution in [0.3, 0.4) is 0 Å². The maximum Gasteiger partial charge on any atom is 0.275 e. The molecule has 1 aromatic heterocycles. The van der Waals surface area contributed by atoms with Crippen LogP contribution in [0.5, 0.6) is 0 Å². The number of hydrogen-bond donors (Lipinski definition) is 2. The van der Waals surface area contributed by atoms with Crippen molar-refractivity contribution in [2.75, 3.05) is 5.32 Å². The molecule has 0 radical (unpaired) electrons. The Morgan fingerprint density at radius 2 is 2.04 bits per heavy atom. The van der Waals surface area contributed by atoms with Crippen molar-refractivity contribution in [2.24, 2.45) is 5.73 Å². The summed E-state index contributed by atoms with van der Waals surface area (Å²) in [4.78, 5) is 29.9. The molecule has 0 aliphatic heterocycles. The minimum Gasteiger partial charge on any atom is -0.336 e. The first-order valence-electron chi connectivity index (χ1n) is 7.89. The van der Waals surface area contributed by atoms with E-state index in [1.807, 2.05) is 29.2 Å². The van der Waals surface area contributed by atoms with Gasteiger partial charge in [-0.25, -0.2) is 4.98 Å². The normalized spacial score (nSPS) is 13.6. The van der Waals surface area contributed by atoms with Gasteiger partial charge in [0, 0.05) is 37.1 Å². The average molecular weight is 344 g/mol. The highest BCUT2D eigenvalue weighted by Crippen LogP contribution is 2.28. The molecule has 24 heavy (non-hydrogen) atoms. The number of thiazole rings is 1. The van der Waals surface area contributed by atoms with Gasteiger partial charge in [0.05, 0.1) is 0 Å². The first-order valence-corrected chi connectivity index (χ1v) is 8.76. The molecular formula is C17H20N4O2S. The van der Waals surface area contributed by atoms with Gasteiger partial charge in [-0.3, -0.25) is 9.59 Å². The van der Waals surface area contributed by atoms with Gasteiger partial charge in [-0.2, -0.15) is 0 Å². The fourth-order valence-corrected chi connectivity index (χ4v) is 3.13. The Labute approximate surface area is 144 Å². The second-order valence-corrected chi connectivity index (χ2v) is 6.80. The minimum absolute atomic E-state index is 0.106. The summed E-state index contributed by atoms with van der Waals surface area (Å²) in [6.07, 6.45) is 2.18. The molecule has 126 valence electrons. The van der Waals surface area contributed by atoms with E-state index in [2.05, 4.69) is 10.3 Å². The minimum atomic E-state index is -0.248. The van der Waals surface area contributed by atoms with Crippen molar-refractivity contribution in [3.63, 3.8) is 0 Å². The van der Waals surface area contributed by atoms with E-state index < -0.39 is 0 Å². The van der Waals surface area contributed by atoms with E-state index in [4.69, 9.17) is 5.73 Å². The van der Waals surface area contributed by atoms with Crippen LogP contribution in [0.25, 0.3) is 0 Å². The zero-order chi connectivity index (χ0) is 17.1. The van der Waals surface area contributed by atoms with Crippen molar-refractivity contribution in [3.05, 3.63) is 45.9 Å². The lowest BCUT2D eigenvalue weighted by Gasteiger charge is -2.20. The molecular weight excluding hydrogens is 324 g/mol. The molecule has 1 aromatic carbocycles. The van der Waals surface area contributed by atoms with Crippen LogP contribution in [0.4, 0.5) is 5.69 Å². The summed E-state index contributed by atoms with van der Waals surface area (Å²) in [5.74, 6) is -0.142. The second kappa shape index (κ2) is 7.11. The molecule has 1 saturated carbocycles. The van der Waals surface area contributed by atoms with Crippen LogP contribution in [0.15, 0.2) is 29.6 Å². The maximum atomic E-state index is 12.1. The Bertz CT molecular complexity index is 737. The Hall–Kier alpha value is -2.25. The molecule has 1 fully saturated rings. The summed E-state index contributed by atoms with van der Waals surface area (Å²) in [5.41, 5.74) is 7.63. The zero-order valence-corrected chi connectivity index (χ0v) is 14.3. The molecule has 2 amide bonds. The molecule has 3 N–H and O–H groups in total. The summed E-state index contributed by atoms with van der Waals surface area (Å²) in [5, 5.41) is 5.25. The topological polar surface area (TPSA) is 88.3 Å². The van der Waals surface area contributed by atoms with Gasteiger partial charge in [0.25, 0.3) is 5.91 Å². The van der Waals surface area contributed by atoms with E-state index >= 15 is 0 Å². The van der Waals surface area contributed by atoms with Gasteiger partial charge >= 0.3 is 0 Å². The van der Waals surface area contributed by atoms with Crippen molar-refractivity contribution in [3.8, 4) is 0 Å². The van der Waals surface area contributed by atoms with Crippen LogP contribution in [0, 0.1) is 0 Å². The predicted octanol–water partition coefficient (Wildman–Crippen LogP) is 2.37. The molecule has 2 aromatic rings. The predicted molar refractivity (Wildman–Crippen MR) is 93.6 cm³/mol. The lowest BCUT2D eigenvalue weighted by Crippen LogP contribution is -2.30. The molecule has 3 rings (SSSR count). The molecule has 7 heteroatoms. The van der Waals surface area contributed by atoms with E-state index in [1.54, 1.807) is 12.3 Å². The largest absolute Gasteiger partial charge is 0.336 e. The van der Waals surface area contributed by atoms with Crippen LogP contribution >= 0.6 is 11.3 Å². The molecule has 0 saturated heterocycles. The highest BCUT2D eigenvalue weighted by Gasteiger charge is 2.30. The van der Waals surface area contributed by atoms with E-state index in [-0.39, 0.29) is 11.8 Å². The number of carbonyl (C=O) groups is 2. The van der Waals surface area contributed by atoms with Crippen LogP contribution in [0.2, 0.25) is 0 Å². The van der Waals surface area contributed by atoms with Gasteiger partial charge < -0.3 is 16.0 Å². The molecule has 1 aliphatic carbocycles. The van der Waals surface area contributed by atoms with E-state index in [9.17, 15) is 9.59 Å². The molecule has 1 heterocycles. The van der Waals surface area contributed by atoms with Gasteiger partial charge in [0.1, 0.15) is 10.7 Å². The smallest absolute Gasteiger partial charge is 0.275 e. The number of hydrogen-bond acceptors (Lipinski definition) is 5. The van der Waals surface area contributed by atoms with Crippen molar-refractivity contribution < 1.29 is 9.59 Å². The lowest BCUT2D eigenvalue weighted by atomic mass is 10.2. The molecule has 0 bridgehead atoms. The fraction of sp³-hybridized carbons (Fsp3) is 0.353. The summed E-state index contributed by atoms with van der Waals surface area (Å²) in [6, 6.07) is 7.94. The van der Waals surface area contributed by atoms with E-state index in [1.165, 1.54) is 11.3 Å². The van der Waals surface area contributed by atoms with Crippen molar-refractivity contribution in [1.29, 1.82) is 0 Å². The fourth-order valence-electron chi connectivity index (χ4n) is 2.48. The quantitative estimate of drug-likeness (QED) is 0.842. The van der Waals surface area contributed by atoms with Crippen LogP contribution in [0.1, 0.15) is 40.8 Å². The van der Waals surface area contributed by atoms with Crippen molar-refractivity contribution in [2.45, 2.75) is 38.9 Å². The zero-order valence-electron chi connectivity index (χ0n) is 13.5. The monoisotopic (exact) mass is 344 g/mol. The maximum absolute atomic E-state index is 12.1. The summed E-state index contributed by atoms with van der Waals surface area (Å²) in [7, 11) is 0. The van der Waals surface area contributed by atoms with E-state index in [0.29, 0.717) is 30.5 Å². The van der Waals surface area contributed by atoms with Gasteiger partial charge in [-0.05, 0) is 30.5 Å². The van der Waals surface area contributed by atoms with Crippen LogP contribution in [-0.4, -0.2) is 27.7 Å². The molecule has 0 spiro atoms. The van der Waals surface area contributed by atoms with E-state index in [0.717, 1.165) is 23.4 Å². The van der Waals surface area contributed by atoms with Gasteiger partial charge in [-0.15, -0.1) is 11.3 Å². The lowest BCUT2D eigenvalue weighted by molar-refractivity contribution is -0.130. The second-order valence-electron chi connectivity index (χ2n) is 5.86. The van der Waals surface area contributed by atoms with Gasteiger partial charge in [0.15, 0.2) is 0 Å². The number of carbonyl (C=O) groups excluding carboxylic acids is 2. The first kappa shape index (κ1) is 16.6. The third kappa shape index (κ3) is 3.98. The number of nitrogens with one attached hydrogen (secondary N) is 1. The SMILES string of the molecule is CC(=O)N(Cc1ccc(NC(=O)c2csc(CN)n2)cc1)C1CC1. The molecule has 0 atom stereocenters. The highest BCUT2D eigenvalue weighted by molar-refractivity contribution is 7.09. The number of rotatable bonds is 6. The Morgan fingerprint density at radius 3 is 2.58 bits per heavy atom. The average Bonchev–Trinajstić information content (AvgIpc) is 3.29. The third-order valence-corrected chi connectivity index (χ3v) is 4.79. The Balaban J connectivity index is 1.61. The standard InChI is InChI=1S/C17H20N4O2S/c1-11(22)21(14-6-7-14)9-12-2-4-13(5-3-12)19-17(23)15-10-24-16(8-18)20-15/h2-5,10,14H,6-9,18H2,1H3,(H,19,23). The van der Waals surface area contributed by atoms with Crippen molar-refractivity contribution >= 4 is 28.8 Å². The Kier molecular flexibility index (Phi) is 4.92. The van der Waals surface area contributed by atoms with Crippen LogP contribution in [-0.2, 0) is 17.9 Å². The summed E-state index contributed by atoms with van der Waals surface area (Å²) in [6.45, 7) is 2.55. The highest BCUT2D eigenvalue weighted by atomic mass is 32.1. The first-order chi connectivity index (χ1) is 11.6. The molecule has 6 nitrogen and oxygen atoms in total. The summed E-state index contributed by atoms with van der Waals surface area (Å²) < 4.78 is 0. The number of nitrogens with two attached hydrogens (primary N) is 1. The van der Waals surface area contributed by atoms with Crippen LogP contribution < -0.4 is 11.1 Å².